The molecule has 0 aliphatic carbocycles. The van der Waals surface area contributed by atoms with Crippen LogP contribution < -0.4 is 0 Å². The first-order valence-electron chi connectivity index (χ1n) is 7.27. The average molecular weight is 299 g/mol. The van der Waals surface area contributed by atoms with Crippen LogP contribution in [0.15, 0.2) is 60.7 Å². The fourth-order valence-corrected chi connectivity index (χ4v) is 2.26. The van der Waals surface area contributed by atoms with Gasteiger partial charge in [-0.3, -0.25) is 4.79 Å². The van der Waals surface area contributed by atoms with E-state index < -0.39 is 12.2 Å². The highest BCUT2D eigenvalue weighted by Crippen LogP contribution is 2.19. The summed E-state index contributed by atoms with van der Waals surface area (Å²) in [5.74, 6) is -0.202. The van der Waals surface area contributed by atoms with Crippen molar-refractivity contribution in [2.24, 2.45) is 0 Å². The topological polar surface area (TPSA) is 60.8 Å². The van der Waals surface area contributed by atoms with Gasteiger partial charge in [-0.15, -0.1) is 0 Å². The molecule has 0 aromatic heterocycles. The lowest BCUT2D eigenvalue weighted by molar-refractivity contribution is -0.134. The van der Waals surface area contributed by atoms with Crippen molar-refractivity contribution < 1.29 is 15.0 Å². The van der Waals surface area contributed by atoms with Crippen molar-refractivity contribution in [3.8, 4) is 0 Å². The van der Waals surface area contributed by atoms with Gasteiger partial charge in [-0.2, -0.15) is 0 Å². The molecule has 1 amide bonds. The van der Waals surface area contributed by atoms with Crippen molar-refractivity contribution in [1.29, 1.82) is 0 Å². The molecule has 2 aromatic rings. The molecule has 0 bridgehead atoms. The largest absolute Gasteiger partial charge is 0.390 e. The first kappa shape index (κ1) is 16.2. The Bertz CT molecular complexity index is 586. The van der Waals surface area contributed by atoms with E-state index in [0.717, 1.165) is 5.56 Å². The number of hydrogen-bond acceptors (Lipinski definition) is 3. The Balaban J connectivity index is 1.90. The normalized spacial score (nSPS) is 13.4. The van der Waals surface area contributed by atoms with Crippen molar-refractivity contribution >= 4 is 5.91 Å². The van der Waals surface area contributed by atoms with Crippen molar-refractivity contribution in [3.63, 3.8) is 0 Å². The van der Waals surface area contributed by atoms with Crippen LogP contribution in [0.5, 0.6) is 0 Å². The van der Waals surface area contributed by atoms with Gasteiger partial charge in [-0.05, 0) is 11.1 Å². The number of amides is 1. The summed E-state index contributed by atoms with van der Waals surface area (Å²) in [6.07, 6.45) is -2.29. The second-order valence-electron chi connectivity index (χ2n) is 5.36. The molecule has 2 aromatic carbocycles. The number of aliphatic hydroxyl groups excluding tert-OH is 2. The molecule has 0 spiro atoms. The molecule has 22 heavy (non-hydrogen) atoms. The first-order valence-corrected chi connectivity index (χ1v) is 7.27. The summed E-state index contributed by atoms with van der Waals surface area (Å²) in [5.41, 5.74) is 1.63. The maximum atomic E-state index is 12.1. The zero-order valence-corrected chi connectivity index (χ0v) is 12.6. The monoisotopic (exact) mass is 299 g/mol. The van der Waals surface area contributed by atoms with Gasteiger partial charge in [-0.1, -0.05) is 60.7 Å². The van der Waals surface area contributed by atoms with E-state index in [1.165, 1.54) is 0 Å². The SMILES string of the molecule is CN(Cc1ccccc1)C(=O)C[C@@H](O)[C@H](O)c1ccccc1. The molecule has 2 N–H and O–H groups in total. The molecule has 0 unspecified atom stereocenters. The Morgan fingerprint density at radius 1 is 1.00 bits per heavy atom. The lowest BCUT2D eigenvalue weighted by Gasteiger charge is -2.22. The van der Waals surface area contributed by atoms with Crippen LogP contribution in [0.25, 0.3) is 0 Å². The third-order valence-corrected chi connectivity index (χ3v) is 3.58. The van der Waals surface area contributed by atoms with Gasteiger partial charge < -0.3 is 15.1 Å². The summed E-state index contributed by atoms with van der Waals surface area (Å²) in [7, 11) is 1.69. The van der Waals surface area contributed by atoms with Crippen LogP contribution in [0.2, 0.25) is 0 Å². The molecule has 0 radical (unpaired) electrons. The van der Waals surface area contributed by atoms with E-state index in [1.807, 2.05) is 36.4 Å². The summed E-state index contributed by atoms with van der Waals surface area (Å²) in [6, 6.07) is 18.5. The number of nitrogens with zero attached hydrogens (tertiary/aromatic N) is 1. The number of benzene rings is 2. The molecule has 0 aliphatic rings. The van der Waals surface area contributed by atoms with E-state index in [2.05, 4.69) is 0 Å². The molecule has 4 nitrogen and oxygen atoms in total. The maximum Gasteiger partial charge on any atom is 0.225 e. The molecule has 0 saturated carbocycles. The van der Waals surface area contributed by atoms with E-state index >= 15 is 0 Å². The third kappa shape index (κ3) is 4.41. The lowest BCUT2D eigenvalue weighted by atomic mass is 10.0. The van der Waals surface area contributed by atoms with E-state index in [0.29, 0.717) is 12.1 Å². The van der Waals surface area contributed by atoms with Crippen molar-refractivity contribution in [2.45, 2.75) is 25.2 Å². The first-order chi connectivity index (χ1) is 10.6. The van der Waals surface area contributed by atoms with Crippen LogP contribution in [0, 0.1) is 0 Å². The number of rotatable bonds is 6. The molecule has 0 aliphatic heterocycles. The Hall–Kier alpha value is -2.17. The number of hydrogen-bond donors (Lipinski definition) is 2. The molecular weight excluding hydrogens is 278 g/mol. The Labute approximate surface area is 130 Å². The van der Waals surface area contributed by atoms with Gasteiger partial charge >= 0.3 is 0 Å². The molecule has 2 rings (SSSR count). The van der Waals surface area contributed by atoms with Gasteiger partial charge in [0.2, 0.25) is 5.91 Å². The van der Waals surface area contributed by atoms with Gasteiger partial charge in [0.25, 0.3) is 0 Å². The Morgan fingerprint density at radius 2 is 1.55 bits per heavy atom. The minimum absolute atomic E-state index is 0.112. The molecule has 0 heterocycles. The molecule has 116 valence electrons. The number of aliphatic hydroxyl groups is 2. The van der Waals surface area contributed by atoms with Crippen LogP contribution in [0.1, 0.15) is 23.7 Å². The predicted octanol–water partition coefficient (Wildman–Crippen LogP) is 2.13. The quantitative estimate of drug-likeness (QED) is 0.859. The van der Waals surface area contributed by atoms with Crippen LogP contribution in [-0.2, 0) is 11.3 Å². The molecule has 2 atom stereocenters. The standard InChI is InChI=1S/C18H21NO3/c1-19(13-14-8-4-2-5-9-14)17(21)12-16(20)18(22)15-10-6-3-7-11-15/h2-11,16,18,20,22H,12-13H2,1H3/t16-,18-/m1/s1. The fourth-order valence-electron chi connectivity index (χ4n) is 2.26. The molecular formula is C18H21NO3. The summed E-state index contributed by atoms with van der Waals surface area (Å²) in [6.45, 7) is 0.480. The summed E-state index contributed by atoms with van der Waals surface area (Å²) in [5, 5.41) is 20.1. The Kier molecular flexibility index (Phi) is 5.69. The fraction of sp³-hybridized carbons (Fsp3) is 0.278. The Morgan fingerprint density at radius 3 is 2.14 bits per heavy atom. The number of carbonyl (C=O) groups excluding carboxylic acids is 1. The highest BCUT2D eigenvalue weighted by atomic mass is 16.3. The minimum atomic E-state index is -1.12. The molecule has 0 fully saturated rings. The zero-order chi connectivity index (χ0) is 15.9. The second kappa shape index (κ2) is 7.73. The third-order valence-electron chi connectivity index (χ3n) is 3.58. The second-order valence-corrected chi connectivity index (χ2v) is 5.36. The summed E-state index contributed by atoms with van der Waals surface area (Å²) in [4.78, 5) is 13.7. The van der Waals surface area contributed by atoms with Crippen LogP contribution in [0.4, 0.5) is 0 Å². The molecule has 0 saturated heterocycles. The predicted molar refractivity (Wildman–Crippen MR) is 84.9 cm³/mol. The van der Waals surface area contributed by atoms with Gasteiger partial charge in [-0.25, -0.2) is 0 Å². The maximum absolute atomic E-state index is 12.1. The van der Waals surface area contributed by atoms with E-state index in [1.54, 1.807) is 36.2 Å². The van der Waals surface area contributed by atoms with Crippen LogP contribution >= 0.6 is 0 Å². The van der Waals surface area contributed by atoms with Gasteiger partial charge in [0.05, 0.1) is 12.5 Å². The van der Waals surface area contributed by atoms with Gasteiger partial charge in [0.15, 0.2) is 0 Å². The smallest absolute Gasteiger partial charge is 0.225 e. The molecule has 4 heteroatoms. The highest BCUT2D eigenvalue weighted by molar-refractivity contribution is 5.76. The van der Waals surface area contributed by atoms with E-state index in [4.69, 9.17) is 0 Å². The summed E-state index contributed by atoms with van der Waals surface area (Å²) >= 11 is 0. The van der Waals surface area contributed by atoms with E-state index in [-0.39, 0.29) is 12.3 Å². The van der Waals surface area contributed by atoms with E-state index in [9.17, 15) is 15.0 Å². The van der Waals surface area contributed by atoms with Gasteiger partial charge in [0.1, 0.15) is 6.10 Å². The van der Waals surface area contributed by atoms with Crippen molar-refractivity contribution in [2.75, 3.05) is 7.05 Å². The zero-order valence-electron chi connectivity index (χ0n) is 12.6. The minimum Gasteiger partial charge on any atom is -0.390 e. The lowest BCUT2D eigenvalue weighted by Crippen LogP contribution is -2.31. The highest BCUT2D eigenvalue weighted by Gasteiger charge is 2.22. The average Bonchev–Trinajstić information content (AvgIpc) is 2.55. The van der Waals surface area contributed by atoms with Crippen molar-refractivity contribution in [3.05, 3.63) is 71.8 Å². The van der Waals surface area contributed by atoms with Gasteiger partial charge in [0, 0.05) is 13.6 Å². The summed E-state index contributed by atoms with van der Waals surface area (Å²) < 4.78 is 0. The number of carbonyl (C=O) groups is 1. The van der Waals surface area contributed by atoms with Crippen LogP contribution in [-0.4, -0.2) is 34.2 Å². The van der Waals surface area contributed by atoms with Crippen LogP contribution in [0.3, 0.4) is 0 Å². The van der Waals surface area contributed by atoms with Crippen molar-refractivity contribution in [1.82, 2.24) is 4.90 Å².